The highest BCUT2D eigenvalue weighted by Crippen LogP contribution is 2.28. The lowest BCUT2D eigenvalue weighted by Crippen LogP contribution is -2.36. The number of carbonyl (C=O) groups is 2. The summed E-state index contributed by atoms with van der Waals surface area (Å²) in [6.07, 6.45) is 0. The highest BCUT2D eigenvalue weighted by molar-refractivity contribution is 6.36. The Morgan fingerprint density at radius 2 is 1.73 bits per heavy atom. The summed E-state index contributed by atoms with van der Waals surface area (Å²) in [6, 6.07) is 12.0. The minimum atomic E-state index is -0.562. The number of hydrogen-bond acceptors (Lipinski definition) is 3. The number of rotatable bonds is 5. The van der Waals surface area contributed by atoms with Crippen LogP contribution in [0.3, 0.4) is 0 Å². The van der Waals surface area contributed by atoms with Crippen LogP contribution in [-0.4, -0.2) is 28.3 Å². The van der Waals surface area contributed by atoms with Crippen LogP contribution < -0.4 is 16.0 Å². The zero-order valence-corrected chi connectivity index (χ0v) is 20.7. The van der Waals surface area contributed by atoms with E-state index in [0.717, 1.165) is 22.5 Å². The van der Waals surface area contributed by atoms with Crippen molar-refractivity contribution in [3.63, 3.8) is 0 Å². The van der Waals surface area contributed by atoms with Crippen LogP contribution >= 0.6 is 23.2 Å². The number of aryl methyl sites for hydroxylation is 2. The molecule has 0 saturated heterocycles. The number of halogens is 2. The van der Waals surface area contributed by atoms with E-state index in [2.05, 4.69) is 42.8 Å². The topological polar surface area (TPSA) is 88.1 Å². The molecule has 0 aliphatic heterocycles. The summed E-state index contributed by atoms with van der Waals surface area (Å²) >= 11 is 11.9. The van der Waals surface area contributed by atoms with E-state index in [4.69, 9.17) is 28.3 Å². The molecule has 0 atom stereocenters. The van der Waals surface area contributed by atoms with E-state index < -0.39 is 11.9 Å². The van der Waals surface area contributed by atoms with Gasteiger partial charge in [0.05, 0.1) is 28.6 Å². The molecular formula is C24H27Cl2N5O2. The lowest BCUT2D eigenvalue weighted by atomic mass is 9.92. The largest absolute Gasteiger partial charge is 0.329 e. The number of anilines is 2. The van der Waals surface area contributed by atoms with Crippen molar-refractivity contribution in [2.24, 2.45) is 0 Å². The Bertz CT molecular complexity index is 1200. The van der Waals surface area contributed by atoms with Crippen molar-refractivity contribution < 1.29 is 9.59 Å². The van der Waals surface area contributed by atoms with E-state index in [9.17, 15) is 9.59 Å². The number of urea groups is 1. The highest BCUT2D eigenvalue weighted by Gasteiger charge is 2.22. The molecular weight excluding hydrogens is 461 g/mol. The van der Waals surface area contributed by atoms with Crippen molar-refractivity contribution in [2.75, 3.05) is 17.2 Å². The van der Waals surface area contributed by atoms with Crippen molar-refractivity contribution in [3.05, 3.63) is 69.3 Å². The number of hydrogen-bond donors (Lipinski definition) is 3. The molecule has 33 heavy (non-hydrogen) atoms. The Labute approximate surface area is 203 Å². The predicted molar refractivity (Wildman–Crippen MR) is 134 cm³/mol. The van der Waals surface area contributed by atoms with Crippen molar-refractivity contribution >= 4 is 46.6 Å². The smallest absolute Gasteiger partial charge is 0.319 e. The third-order valence-corrected chi connectivity index (χ3v) is 5.46. The number of aromatic nitrogens is 2. The van der Waals surface area contributed by atoms with E-state index in [1.165, 1.54) is 6.07 Å². The Morgan fingerprint density at radius 1 is 1.00 bits per heavy atom. The van der Waals surface area contributed by atoms with E-state index in [1.807, 2.05) is 32.0 Å². The van der Waals surface area contributed by atoms with Gasteiger partial charge in [-0.15, -0.1) is 0 Å². The Balaban J connectivity index is 1.73. The van der Waals surface area contributed by atoms with Gasteiger partial charge in [-0.1, -0.05) is 61.7 Å². The number of amides is 3. The first-order valence-corrected chi connectivity index (χ1v) is 11.2. The van der Waals surface area contributed by atoms with E-state index in [1.54, 1.807) is 16.8 Å². The van der Waals surface area contributed by atoms with Gasteiger partial charge in [-0.25, -0.2) is 9.48 Å². The second-order valence-electron chi connectivity index (χ2n) is 8.85. The predicted octanol–water partition coefficient (Wildman–Crippen LogP) is 5.85. The van der Waals surface area contributed by atoms with E-state index in [0.29, 0.717) is 21.6 Å². The molecule has 9 heteroatoms. The SMILES string of the molecule is Cc1ccc(-n2nc(C(C)(C)C)cc2NC(=O)CNC(=O)Nc2ccc(Cl)cc2Cl)c(C)c1. The third-order valence-electron chi connectivity index (χ3n) is 4.91. The molecule has 3 amide bonds. The molecule has 0 radical (unpaired) electrons. The lowest BCUT2D eigenvalue weighted by molar-refractivity contribution is -0.115. The van der Waals surface area contributed by atoms with Crippen LogP contribution in [0.25, 0.3) is 5.69 Å². The molecule has 3 rings (SSSR count). The molecule has 0 aliphatic rings. The maximum Gasteiger partial charge on any atom is 0.319 e. The van der Waals surface area contributed by atoms with Gasteiger partial charge >= 0.3 is 6.03 Å². The molecule has 0 unspecified atom stereocenters. The first-order valence-electron chi connectivity index (χ1n) is 10.4. The van der Waals surface area contributed by atoms with Crippen LogP contribution in [0, 0.1) is 13.8 Å². The van der Waals surface area contributed by atoms with Crippen LogP contribution in [0.1, 0.15) is 37.6 Å². The Morgan fingerprint density at radius 3 is 2.36 bits per heavy atom. The molecule has 3 N–H and O–H groups in total. The van der Waals surface area contributed by atoms with Crippen LogP contribution in [0.2, 0.25) is 10.0 Å². The van der Waals surface area contributed by atoms with Crippen molar-refractivity contribution in [2.45, 2.75) is 40.0 Å². The summed E-state index contributed by atoms with van der Waals surface area (Å²) in [4.78, 5) is 24.8. The Kier molecular flexibility index (Phi) is 7.34. The molecule has 0 fully saturated rings. The van der Waals surface area contributed by atoms with Gasteiger partial charge in [-0.3, -0.25) is 4.79 Å². The van der Waals surface area contributed by atoms with Gasteiger partial charge in [0.25, 0.3) is 0 Å². The molecule has 7 nitrogen and oxygen atoms in total. The molecule has 0 saturated carbocycles. The number of carbonyl (C=O) groups excluding carboxylic acids is 2. The molecule has 0 bridgehead atoms. The quantitative estimate of drug-likeness (QED) is 0.421. The summed E-state index contributed by atoms with van der Waals surface area (Å²) < 4.78 is 1.72. The van der Waals surface area contributed by atoms with Crippen molar-refractivity contribution in [3.8, 4) is 5.69 Å². The fourth-order valence-corrected chi connectivity index (χ4v) is 3.62. The average molecular weight is 488 g/mol. The first-order chi connectivity index (χ1) is 15.4. The Hall–Kier alpha value is -3.03. The minimum Gasteiger partial charge on any atom is -0.329 e. The molecule has 0 spiro atoms. The minimum absolute atomic E-state index is 0.209. The van der Waals surface area contributed by atoms with E-state index in [-0.39, 0.29) is 12.0 Å². The maximum atomic E-state index is 12.6. The summed E-state index contributed by atoms with van der Waals surface area (Å²) in [5.41, 5.74) is 4.06. The van der Waals surface area contributed by atoms with Gasteiger partial charge < -0.3 is 16.0 Å². The van der Waals surface area contributed by atoms with Gasteiger partial charge in [0, 0.05) is 16.5 Å². The second kappa shape index (κ2) is 9.85. The van der Waals surface area contributed by atoms with E-state index >= 15 is 0 Å². The maximum absolute atomic E-state index is 12.6. The van der Waals surface area contributed by atoms with Crippen molar-refractivity contribution in [1.82, 2.24) is 15.1 Å². The first kappa shape index (κ1) is 24.6. The van der Waals surface area contributed by atoms with Gasteiger partial charge in [0.2, 0.25) is 5.91 Å². The molecule has 2 aromatic carbocycles. The summed E-state index contributed by atoms with van der Waals surface area (Å²) in [5.74, 6) is 0.138. The lowest BCUT2D eigenvalue weighted by Gasteiger charge is -2.14. The summed E-state index contributed by atoms with van der Waals surface area (Å²) in [5, 5.41) is 13.5. The zero-order chi connectivity index (χ0) is 24.3. The van der Waals surface area contributed by atoms with Crippen LogP contribution in [0.4, 0.5) is 16.3 Å². The fourth-order valence-electron chi connectivity index (χ4n) is 3.17. The molecule has 3 aromatic rings. The molecule has 0 aliphatic carbocycles. The standard InChI is InChI=1S/C24H27Cl2N5O2/c1-14-6-9-19(15(2)10-14)31-21(12-20(30-31)24(3,4)5)29-22(32)13-27-23(33)28-18-8-7-16(25)11-17(18)26/h6-12H,13H2,1-5H3,(H,29,32)(H2,27,28,33). The van der Waals surface area contributed by atoms with Gasteiger partial charge in [-0.2, -0.15) is 5.10 Å². The number of benzene rings is 2. The molecule has 1 heterocycles. The number of nitrogens with zero attached hydrogens (tertiary/aromatic N) is 2. The van der Waals surface area contributed by atoms with Crippen LogP contribution in [0.5, 0.6) is 0 Å². The summed E-state index contributed by atoms with van der Waals surface area (Å²) in [6.45, 7) is 9.96. The molecule has 1 aromatic heterocycles. The normalized spacial score (nSPS) is 11.2. The third kappa shape index (κ3) is 6.27. The molecule has 174 valence electrons. The fraction of sp³-hybridized carbons (Fsp3) is 0.292. The number of nitrogens with one attached hydrogen (secondary N) is 3. The zero-order valence-electron chi connectivity index (χ0n) is 19.2. The van der Waals surface area contributed by atoms with Gasteiger partial charge in [-0.05, 0) is 43.7 Å². The summed E-state index contributed by atoms with van der Waals surface area (Å²) in [7, 11) is 0. The average Bonchev–Trinajstić information content (AvgIpc) is 3.12. The van der Waals surface area contributed by atoms with Crippen LogP contribution in [-0.2, 0) is 10.2 Å². The van der Waals surface area contributed by atoms with Gasteiger partial charge in [0.15, 0.2) is 0 Å². The monoisotopic (exact) mass is 487 g/mol. The second-order valence-corrected chi connectivity index (χ2v) is 9.69. The highest BCUT2D eigenvalue weighted by atomic mass is 35.5. The van der Waals surface area contributed by atoms with Crippen LogP contribution in [0.15, 0.2) is 42.5 Å². The van der Waals surface area contributed by atoms with Crippen molar-refractivity contribution in [1.29, 1.82) is 0 Å². The van der Waals surface area contributed by atoms with Gasteiger partial charge in [0.1, 0.15) is 5.82 Å².